The molecule has 1 saturated heterocycles. The van der Waals surface area contributed by atoms with Gasteiger partial charge in [0.05, 0.1) is 0 Å². The molecule has 18 heavy (non-hydrogen) atoms. The summed E-state index contributed by atoms with van der Waals surface area (Å²) in [6.07, 6.45) is 0. The lowest BCUT2D eigenvalue weighted by Gasteiger charge is -2.29. The molecular weight excluding hydrogens is 226 g/mol. The second-order valence-electron chi connectivity index (χ2n) is 4.51. The number of anilines is 1. The Hall–Kier alpha value is -1.64. The van der Waals surface area contributed by atoms with Crippen LogP contribution >= 0.6 is 0 Å². The molecule has 1 aliphatic heterocycles. The van der Waals surface area contributed by atoms with Crippen LogP contribution in [0.5, 0.6) is 0 Å². The third-order valence-electron chi connectivity index (χ3n) is 3.20. The molecule has 2 rings (SSSR count). The molecule has 0 spiro atoms. The van der Waals surface area contributed by atoms with Crippen molar-refractivity contribution >= 4 is 5.82 Å². The maximum absolute atomic E-state index is 8.83. The Morgan fingerprint density at radius 2 is 2.22 bits per heavy atom. The van der Waals surface area contributed by atoms with Crippen molar-refractivity contribution in [1.82, 2.24) is 15.2 Å². The van der Waals surface area contributed by atoms with Crippen molar-refractivity contribution in [3.05, 3.63) is 23.9 Å². The van der Waals surface area contributed by atoms with E-state index in [9.17, 15) is 0 Å². The maximum Gasteiger partial charge on any atom is 0.142 e. The molecule has 0 aromatic carbocycles. The van der Waals surface area contributed by atoms with Gasteiger partial charge in [-0.3, -0.25) is 4.90 Å². The first kappa shape index (κ1) is 12.8. The lowest BCUT2D eigenvalue weighted by molar-refractivity contribution is 0.246. The number of aromatic nitrogens is 1. The number of likely N-dealkylation sites (N-methyl/N-ethyl adjacent to an activating group) is 1. The SMILES string of the molecule is CN(CCN1CCNCC1)c1cccc(C#N)n1. The van der Waals surface area contributed by atoms with Gasteiger partial charge in [-0.1, -0.05) is 6.07 Å². The summed E-state index contributed by atoms with van der Waals surface area (Å²) in [5, 5.41) is 12.2. The topological polar surface area (TPSA) is 55.2 Å². The molecule has 96 valence electrons. The van der Waals surface area contributed by atoms with Gasteiger partial charge in [-0.05, 0) is 12.1 Å². The molecular formula is C13H19N5. The highest BCUT2D eigenvalue weighted by atomic mass is 15.2. The van der Waals surface area contributed by atoms with Gasteiger partial charge in [0.25, 0.3) is 0 Å². The standard InChI is InChI=1S/C13H19N5/c1-17(9-10-18-7-5-15-6-8-18)13-4-2-3-12(11-14)16-13/h2-4,15H,5-10H2,1H3. The molecule has 1 aliphatic rings. The third-order valence-corrected chi connectivity index (χ3v) is 3.20. The van der Waals surface area contributed by atoms with E-state index >= 15 is 0 Å². The van der Waals surface area contributed by atoms with Gasteiger partial charge in [0.1, 0.15) is 17.6 Å². The van der Waals surface area contributed by atoms with Crippen molar-refractivity contribution in [2.24, 2.45) is 0 Å². The van der Waals surface area contributed by atoms with Crippen LogP contribution in [0.25, 0.3) is 0 Å². The van der Waals surface area contributed by atoms with E-state index in [0.29, 0.717) is 5.69 Å². The minimum Gasteiger partial charge on any atom is -0.358 e. The van der Waals surface area contributed by atoms with Crippen LogP contribution in [0.4, 0.5) is 5.82 Å². The molecule has 0 saturated carbocycles. The van der Waals surface area contributed by atoms with Gasteiger partial charge in [-0.2, -0.15) is 5.26 Å². The molecule has 1 aromatic rings. The summed E-state index contributed by atoms with van der Waals surface area (Å²) in [6, 6.07) is 7.62. The zero-order chi connectivity index (χ0) is 12.8. The van der Waals surface area contributed by atoms with Crippen molar-refractivity contribution in [3.8, 4) is 6.07 Å². The summed E-state index contributed by atoms with van der Waals surface area (Å²) >= 11 is 0. The first-order valence-electron chi connectivity index (χ1n) is 6.31. The smallest absolute Gasteiger partial charge is 0.142 e. The molecule has 1 fully saturated rings. The molecule has 1 N–H and O–H groups in total. The predicted molar refractivity (Wildman–Crippen MR) is 71.5 cm³/mol. The average Bonchev–Trinajstić information content (AvgIpc) is 2.46. The Labute approximate surface area is 108 Å². The molecule has 0 bridgehead atoms. The highest BCUT2D eigenvalue weighted by Crippen LogP contribution is 2.09. The van der Waals surface area contributed by atoms with E-state index in [-0.39, 0.29) is 0 Å². The number of nitriles is 1. The predicted octanol–water partition coefficient (Wildman–Crippen LogP) is 0.295. The minimum absolute atomic E-state index is 0.474. The van der Waals surface area contributed by atoms with Gasteiger partial charge in [-0.25, -0.2) is 4.98 Å². The summed E-state index contributed by atoms with van der Waals surface area (Å²) in [5.74, 6) is 0.865. The fourth-order valence-electron chi connectivity index (χ4n) is 2.04. The van der Waals surface area contributed by atoms with E-state index in [2.05, 4.69) is 26.2 Å². The lowest BCUT2D eigenvalue weighted by Crippen LogP contribution is -2.46. The summed E-state index contributed by atoms with van der Waals surface area (Å²) in [7, 11) is 2.02. The second-order valence-corrected chi connectivity index (χ2v) is 4.51. The number of piperazine rings is 1. The Balaban J connectivity index is 1.86. The highest BCUT2D eigenvalue weighted by molar-refractivity contribution is 5.40. The van der Waals surface area contributed by atoms with E-state index in [0.717, 1.165) is 45.1 Å². The fourth-order valence-corrected chi connectivity index (χ4v) is 2.04. The number of rotatable bonds is 4. The van der Waals surface area contributed by atoms with Crippen molar-refractivity contribution in [3.63, 3.8) is 0 Å². The van der Waals surface area contributed by atoms with Crippen molar-refractivity contribution in [2.45, 2.75) is 0 Å². The molecule has 0 amide bonds. The van der Waals surface area contributed by atoms with Crippen LogP contribution in [0.1, 0.15) is 5.69 Å². The van der Waals surface area contributed by atoms with E-state index in [1.807, 2.05) is 19.2 Å². The monoisotopic (exact) mass is 245 g/mol. The summed E-state index contributed by atoms with van der Waals surface area (Å²) in [5.41, 5.74) is 0.474. The van der Waals surface area contributed by atoms with Crippen LogP contribution < -0.4 is 10.2 Å². The van der Waals surface area contributed by atoms with Crippen LogP contribution in [0.2, 0.25) is 0 Å². The molecule has 0 atom stereocenters. The minimum atomic E-state index is 0.474. The molecule has 0 aliphatic carbocycles. The number of hydrogen-bond donors (Lipinski definition) is 1. The van der Waals surface area contributed by atoms with Gasteiger partial charge < -0.3 is 10.2 Å². The van der Waals surface area contributed by atoms with E-state index < -0.39 is 0 Å². The summed E-state index contributed by atoms with van der Waals surface area (Å²) < 4.78 is 0. The fraction of sp³-hybridized carbons (Fsp3) is 0.538. The van der Waals surface area contributed by atoms with Crippen molar-refractivity contribution < 1.29 is 0 Å². The highest BCUT2D eigenvalue weighted by Gasteiger charge is 2.10. The van der Waals surface area contributed by atoms with Crippen LogP contribution in [0.3, 0.4) is 0 Å². The number of pyridine rings is 1. The lowest BCUT2D eigenvalue weighted by atomic mass is 10.3. The Bertz CT molecular complexity index is 420. The van der Waals surface area contributed by atoms with Crippen molar-refractivity contribution in [1.29, 1.82) is 5.26 Å². The van der Waals surface area contributed by atoms with Crippen LogP contribution in [0.15, 0.2) is 18.2 Å². The zero-order valence-electron chi connectivity index (χ0n) is 10.8. The maximum atomic E-state index is 8.83. The van der Waals surface area contributed by atoms with Gasteiger partial charge in [0.2, 0.25) is 0 Å². The normalized spacial score (nSPS) is 16.2. The molecule has 2 heterocycles. The second kappa shape index (κ2) is 6.34. The van der Waals surface area contributed by atoms with Gasteiger partial charge in [-0.15, -0.1) is 0 Å². The Morgan fingerprint density at radius 3 is 2.94 bits per heavy atom. The van der Waals surface area contributed by atoms with Crippen LogP contribution in [0, 0.1) is 11.3 Å². The number of nitrogens with zero attached hydrogens (tertiary/aromatic N) is 4. The quantitative estimate of drug-likeness (QED) is 0.826. The van der Waals surface area contributed by atoms with Gasteiger partial charge >= 0.3 is 0 Å². The molecule has 0 unspecified atom stereocenters. The van der Waals surface area contributed by atoms with Crippen LogP contribution in [-0.4, -0.2) is 56.2 Å². The third kappa shape index (κ3) is 3.42. The number of hydrogen-bond acceptors (Lipinski definition) is 5. The first-order valence-corrected chi connectivity index (χ1v) is 6.31. The molecule has 1 aromatic heterocycles. The van der Waals surface area contributed by atoms with E-state index in [1.54, 1.807) is 6.07 Å². The Kier molecular flexibility index (Phi) is 4.51. The Morgan fingerprint density at radius 1 is 1.44 bits per heavy atom. The molecule has 5 heteroatoms. The largest absolute Gasteiger partial charge is 0.358 e. The van der Waals surface area contributed by atoms with E-state index in [1.165, 1.54) is 0 Å². The molecule has 5 nitrogen and oxygen atoms in total. The number of nitrogens with one attached hydrogen (secondary N) is 1. The molecule has 0 radical (unpaired) electrons. The van der Waals surface area contributed by atoms with Gasteiger partial charge in [0.15, 0.2) is 0 Å². The van der Waals surface area contributed by atoms with E-state index in [4.69, 9.17) is 5.26 Å². The zero-order valence-corrected chi connectivity index (χ0v) is 10.8. The van der Waals surface area contributed by atoms with Crippen LogP contribution in [-0.2, 0) is 0 Å². The van der Waals surface area contributed by atoms with Crippen molar-refractivity contribution in [2.75, 3.05) is 51.2 Å². The average molecular weight is 245 g/mol. The first-order chi connectivity index (χ1) is 8.79. The summed E-state index contributed by atoms with van der Waals surface area (Å²) in [4.78, 5) is 8.83. The van der Waals surface area contributed by atoms with Gasteiger partial charge in [0, 0.05) is 46.3 Å². The summed E-state index contributed by atoms with van der Waals surface area (Å²) in [6.45, 7) is 6.34.